The van der Waals surface area contributed by atoms with Gasteiger partial charge in [-0.1, -0.05) is 0 Å². The number of carbonyl (C=O) groups excluding carboxylic acids is 1. The number of nitrogens with two attached hydrogens (primary N) is 1. The van der Waals surface area contributed by atoms with Gasteiger partial charge in [0.25, 0.3) is 0 Å². The molecule has 5 nitrogen and oxygen atoms in total. The van der Waals surface area contributed by atoms with Gasteiger partial charge in [0.1, 0.15) is 0 Å². The molecule has 2 unspecified atom stereocenters. The van der Waals surface area contributed by atoms with E-state index in [0.29, 0.717) is 12.0 Å². The Morgan fingerprint density at radius 1 is 1.47 bits per heavy atom. The quantitative estimate of drug-likeness (QED) is 0.667. The van der Waals surface area contributed by atoms with Gasteiger partial charge < -0.3 is 20.7 Å². The number of carbonyl (C=O) groups is 1. The second-order valence-electron chi connectivity index (χ2n) is 6.28. The minimum atomic E-state index is -0.555. The lowest BCUT2D eigenvalue weighted by atomic mass is 9.96. The largest absolute Gasteiger partial charge is 0.384 e. The number of hydrogen-bond acceptors (Lipinski definition) is 4. The Morgan fingerprint density at radius 2 is 2.21 bits per heavy atom. The highest BCUT2D eigenvalue weighted by atomic mass is 16.5. The van der Waals surface area contributed by atoms with Gasteiger partial charge in [-0.3, -0.25) is 4.79 Å². The maximum absolute atomic E-state index is 11.7. The van der Waals surface area contributed by atoms with Crippen LogP contribution in [0.25, 0.3) is 0 Å². The summed E-state index contributed by atoms with van der Waals surface area (Å²) >= 11 is 0. The Balaban J connectivity index is 1.77. The standard InChI is InChI=1S/C14H27N3O2/c1-14(13(15)18,16-12-3-4-12)6-8-17-7-5-11(9-17)10-19-2/h11-12,16H,3-10H2,1-2H3,(H2,15,18). The van der Waals surface area contributed by atoms with Crippen molar-refractivity contribution in [1.29, 1.82) is 0 Å². The summed E-state index contributed by atoms with van der Waals surface area (Å²) in [5.74, 6) is 0.410. The second-order valence-corrected chi connectivity index (χ2v) is 6.28. The molecule has 2 rings (SSSR count). The molecule has 0 aromatic rings. The zero-order valence-corrected chi connectivity index (χ0v) is 12.2. The molecule has 110 valence electrons. The third kappa shape index (κ3) is 4.16. The van der Waals surface area contributed by atoms with Gasteiger partial charge in [0, 0.05) is 26.2 Å². The number of rotatable bonds is 8. The maximum Gasteiger partial charge on any atom is 0.237 e. The van der Waals surface area contributed by atoms with Crippen molar-refractivity contribution in [2.45, 2.75) is 44.2 Å². The number of methoxy groups -OCH3 is 1. The van der Waals surface area contributed by atoms with Gasteiger partial charge in [-0.2, -0.15) is 0 Å². The van der Waals surface area contributed by atoms with Crippen LogP contribution in [0.3, 0.4) is 0 Å². The van der Waals surface area contributed by atoms with Crippen LogP contribution >= 0.6 is 0 Å². The van der Waals surface area contributed by atoms with Gasteiger partial charge >= 0.3 is 0 Å². The zero-order chi connectivity index (χ0) is 13.9. The van der Waals surface area contributed by atoms with Gasteiger partial charge in [-0.15, -0.1) is 0 Å². The van der Waals surface area contributed by atoms with Crippen molar-refractivity contribution in [2.24, 2.45) is 11.7 Å². The lowest BCUT2D eigenvalue weighted by Gasteiger charge is -2.29. The van der Waals surface area contributed by atoms with Crippen LogP contribution in [0.2, 0.25) is 0 Å². The molecule has 1 amide bonds. The van der Waals surface area contributed by atoms with E-state index in [-0.39, 0.29) is 5.91 Å². The predicted octanol–water partition coefficient (Wildman–Crippen LogP) is 0.341. The topological polar surface area (TPSA) is 67.6 Å². The predicted molar refractivity (Wildman–Crippen MR) is 74.8 cm³/mol. The van der Waals surface area contributed by atoms with Crippen LogP contribution in [0.1, 0.15) is 32.6 Å². The van der Waals surface area contributed by atoms with Gasteiger partial charge in [0.15, 0.2) is 0 Å². The summed E-state index contributed by atoms with van der Waals surface area (Å²) in [6.45, 7) is 5.89. The number of amides is 1. The first-order valence-corrected chi connectivity index (χ1v) is 7.32. The molecule has 3 N–H and O–H groups in total. The molecule has 0 radical (unpaired) electrons. The van der Waals surface area contributed by atoms with Crippen LogP contribution in [0.4, 0.5) is 0 Å². The summed E-state index contributed by atoms with van der Waals surface area (Å²) in [5.41, 5.74) is 5.01. The van der Waals surface area contributed by atoms with Crippen molar-refractivity contribution in [3.8, 4) is 0 Å². The third-order valence-electron chi connectivity index (χ3n) is 4.34. The van der Waals surface area contributed by atoms with Gasteiger partial charge in [-0.25, -0.2) is 0 Å². The van der Waals surface area contributed by atoms with Crippen LogP contribution in [0.5, 0.6) is 0 Å². The van der Waals surface area contributed by atoms with E-state index in [2.05, 4.69) is 10.2 Å². The Hall–Kier alpha value is -0.650. The molecule has 1 saturated heterocycles. The van der Waals surface area contributed by atoms with E-state index in [1.807, 2.05) is 6.92 Å². The highest BCUT2D eigenvalue weighted by Crippen LogP contribution is 2.25. The van der Waals surface area contributed by atoms with E-state index in [0.717, 1.165) is 32.7 Å². The monoisotopic (exact) mass is 269 g/mol. The first kappa shape index (κ1) is 14.8. The molecule has 0 bridgehead atoms. The zero-order valence-electron chi connectivity index (χ0n) is 12.2. The van der Waals surface area contributed by atoms with Crippen molar-refractivity contribution >= 4 is 5.91 Å². The number of ether oxygens (including phenoxy) is 1. The number of nitrogens with one attached hydrogen (secondary N) is 1. The molecule has 0 aromatic heterocycles. The van der Waals surface area contributed by atoms with Gasteiger partial charge in [0.05, 0.1) is 12.1 Å². The fourth-order valence-electron chi connectivity index (χ4n) is 2.81. The van der Waals surface area contributed by atoms with Crippen LogP contribution in [0, 0.1) is 5.92 Å². The third-order valence-corrected chi connectivity index (χ3v) is 4.34. The molecule has 1 heterocycles. The normalized spacial score (nSPS) is 27.4. The lowest BCUT2D eigenvalue weighted by Crippen LogP contribution is -2.55. The molecule has 1 saturated carbocycles. The van der Waals surface area contributed by atoms with Gasteiger partial charge in [-0.05, 0) is 45.1 Å². The molecule has 2 fully saturated rings. The van der Waals surface area contributed by atoms with E-state index in [4.69, 9.17) is 10.5 Å². The van der Waals surface area contributed by atoms with E-state index in [9.17, 15) is 4.79 Å². The summed E-state index contributed by atoms with van der Waals surface area (Å²) in [5, 5.41) is 3.40. The smallest absolute Gasteiger partial charge is 0.237 e. The first-order valence-electron chi connectivity index (χ1n) is 7.32. The van der Waals surface area contributed by atoms with Crippen molar-refractivity contribution in [2.75, 3.05) is 33.4 Å². The molecule has 1 aliphatic carbocycles. The molecular weight excluding hydrogens is 242 g/mol. The highest BCUT2D eigenvalue weighted by Gasteiger charge is 2.37. The molecule has 0 spiro atoms. The molecule has 5 heteroatoms. The highest BCUT2D eigenvalue weighted by molar-refractivity contribution is 5.84. The van der Waals surface area contributed by atoms with Gasteiger partial charge in [0.2, 0.25) is 5.91 Å². The van der Waals surface area contributed by atoms with E-state index in [1.54, 1.807) is 7.11 Å². The molecule has 1 aliphatic heterocycles. The number of likely N-dealkylation sites (tertiary alicyclic amines) is 1. The first-order chi connectivity index (χ1) is 9.03. The average Bonchev–Trinajstić information content (AvgIpc) is 3.04. The summed E-state index contributed by atoms with van der Waals surface area (Å²) < 4.78 is 5.21. The fraction of sp³-hybridized carbons (Fsp3) is 0.929. The van der Waals surface area contributed by atoms with Crippen molar-refractivity contribution in [3.63, 3.8) is 0 Å². The SMILES string of the molecule is COCC1CCN(CCC(C)(NC2CC2)C(N)=O)C1. The lowest BCUT2D eigenvalue weighted by molar-refractivity contribution is -0.124. The molecule has 2 atom stereocenters. The van der Waals surface area contributed by atoms with Crippen LogP contribution in [-0.2, 0) is 9.53 Å². The molecule has 19 heavy (non-hydrogen) atoms. The summed E-state index contributed by atoms with van der Waals surface area (Å²) in [6.07, 6.45) is 4.32. The van der Waals surface area contributed by atoms with Crippen LogP contribution < -0.4 is 11.1 Å². The van der Waals surface area contributed by atoms with Crippen molar-refractivity contribution in [1.82, 2.24) is 10.2 Å². The van der Waals surface area contributed by atoms with Crippen LogP contribution in [0.15, 0.2) is 0 Å². The van der Waals surface area contributed by atoms with E-state index >= 15 is 0 Å². The second kappa shape index (κ2) is 6.20. The Labute approximate surface area is 115 Å². The minimum Gasteiger partial charge on any atom is -0.384 e. The Morgan fingerprint density at radius 3 is 2.79 bits per heavy atom. The summed E-state index contributed by atoms with van der Waals surface area (Å²) in [7, 11) is 1.76. The van der Waals surface area contributed by atoms with E-state index < -0.39 is 5.54 Å². The summed E-state index contributed by atoms with van der Waals surface area (Å²) in [6, 6.07) is 0.498. The average molecular weight is 269 g/mol. The molecular formula is C14H27N3O2. The van der Waals surface area contributed by atoms with Crippen LogP contribution in [-0.4, -0.2) is 55.7 Å². The number of hydrogen-bond donors (Lipinski definition) is 2. The molecule has 2 aliphatic rings. The maximum atomic E-state index is 11.7. The van der Waals surface area contributed by atoms with E-state index in [1.165, 1.54) is 19.3 Å². The Bertz CT molecular complexity index is 320. The molecule has 0 aromatic carbocycles. The van der Waals surface area contributed by atoms with Crippen molar-refractivity contribution in [3.05, 3.63) is 0 Å². The van der Waals surface area contributed by atoms with Crippen molar-refractivity contribution < 1.29 is 9.53 Å². The minimum absolute atomic E-state index is 0.230. The Kier molecular flexibility index (Phi) is 4.81. The fourth-order valence-corrected chi connectivity index (χ4v) is 2.81. The number of nitrogens with zero attached hydrogens (tertiary/aromatic N) is 1. The summed E-state index contributed by atoms with van der Waals surface area (Å²) in [4.78, 5) is 14.1. The number of primary amides is 1.